The highest BCUT2D eigenvalue weighted by Gasteiger charge is 2.40. The molecule has 4 heteroatoms. The highest BCUT2D eigenvalue weighted by molar-refractivity contribution is 5.99. The lowest BCUT2D eigenvalue weighted by Crippen LogP contribution is -2.52. The van der Waals surface area contributed by atoms with Crippen LogP contribution >= 0.6 is 0 Å². The number of ketones is 1. The van der Waals surface area contributed by atoms with Crippen molar-refractivity contribution in [1.29, 1.82) is 0 Å². The zero-order chi connectivity index (χ0) is 17.7. The molecule has 2 aromatic rings. The molecule has 0 bridgehead atoms. The van der Waals surface area contributed by atoms with Gasteiger partial charge in [0.1, 0.15) is 11.8 Å². The van der Waals surface area contributed by atoms with Crippen molar-refractivity contribution < 1.29 is 14.4 Å². The van der Waals surface area contributed by atoms with Crippen LogP contribution in [0.5, 0.6) is 0 Å². The molecule has 0 spiro atoms. The van der Waals surface area contributed by atoms with Crippen molar-refractivity contribution in [1.82, 2.24) is 4.90 Å². The molecule has 4 nitrogen and oxygen atoms in total. The number of carbonyl (C=O) groups is 3. The number of amides is 1. The predicted octanol–water partition coefficient (Wildman–Crippen LogP) is 3.19. The van der Waals surface area contributed by atoms with Crippen molar-refractivity contribution in [2.45, 2.75) is 24.9 Å². The maximum atomic E-state index is 13.1. The van der Waals surface area contributed by atoms with Crippen LogP contribution in [0, 0.1) is 0 Å². The number of nitrogens with zero attached hydrogens (tertiary/aromatic N) is 1. The van der Waals surface area contributed by atoms with Gasteiger partial charge in [-0.2, -0.15) is 0 Å². The number of rotatable bonds is 5. The van der Waals surface area contributed by atoms with Crippen molar-refractivity contribution >= 4 is 18.0 Å². The van der Waals surface area contributed by atoms with E-state index in [4.69, 9.17) is 0 Å². The Hall–Kier alpha value is -3.01. The van der Waals surface area contributed by atoms with Crippen LogP contribution in [0.2, 0.25) is 0 Å². The van der Waals surface area contributed by atoms with E-state index in [2.05, 4.69) is 0 Å². The third-order valence-corrected chi connectivity index (χ3v) is 4.49. The minimum atomic E-state index is -1.10. The second-order valence-corrected chi connectivity index (χ2v) is 6.15. The van der Waals surface area contributed by atoms with E-state index >= 15 is 0 Å². The summed E-state index contributed by atoms with van der Waals surface area (Å²) in [6.07, 6.45) is 4.31. The zero-order valence-electron chi connectivity index (χ0n) is 13.8. The Morgan fingerprint density at radius 1 is 1.04 bits per heavy atom. The number of carbonyl (C=O) groups excluding carboxylic acids is 3. The fraction of sp³-hybridized carbons (Fsp3) is 0.190. The highest BCUT2D eigenvalue weighted by Crippen LogP contribution is 2.29. The summed E-state index contributed by atoms with van der Waals surface area (Å²) in [6.45, 7) is 0.297. The molecule has 0 heterocycles. The van der Waals surface area contributed by atoms with E-state index in [9.17, 15) is 14.4 Å². The van der Waals surface area contributed by atoms with Crippen molar-refractivity contribution in [2.24, 2.45) is 0 Å². The van der Waals surface area contributed by atoms with Gasteiger partial charge in [-0.05, 0) is 36.3 Å². The Bertz CT molecular complexity index is 798. The summed E-state index contributed by atoms with van der Waals surface area (Å²) in [6, 6.07) is 18.4. The molecule has 3 rings (SSSR count). The maximum absolute atomic E-state index is 13.1. The molecule has 0 aliphatic heterocycles. The Morgan fingerprint density at radius 3 is 2.24 bits per heavy atom. The number of allylic oxidation sites excluding steroid dienone is 1. The molecule has 126 valence electrons. The third-order valence-electron chi connectivity index (χ3n) is 4.49. The van der Waals surface area contributed by atoms with E-state index in [1.54, 1.807) is 35.2 Å². The second-order valence-electron chi connectivity index (χ2n) is 6.15. The van der Waals surface area contributed by atoms with Gasteiger partial charge < -0.3 is 9.69 Å². The molecule has 25 heavy (non-hydrogen) atoms. The van der Waals surface area contributed by atoms with E-state index in [0.717, 1.165) is 11.8 Å². The smallest absolute Gasteiger partial charge is 0.255 e. The van der Waals surface area contributed by atoms with E-state index < -0.39 is 5.54 Å². The van der Waals surface area contributed by atoms with Crippen molar-refractivity contribution in [3.63, 3.8) is 0 Å². The van der Waals surface area contributed by atoms with Crippen molar-refractivity contribution in [2.75, 3.05) is 0 Å². The molecule has 1 aliphatic rings. The first-order chi connectivity index (χ1) is 12.1. The quantitative estimate of drug-likeness (QED) is 0.790. The lowest BCUT2D eigenvalue weighted by Gasteiger charge is -2.39. The molecule has 0 fully saturated rings. The van der Waals surface area contributed by atoms with Gasteiger partial charge in [-0.25, -0.2) is 0 Å². The first-order valence-corrected chi connectivity index (χ1v) is 8.24. The average molecular weight is 333 g/mol. The summed E-state index contributed by atoms with van der Waals surface area (Å²) >= 11 is 0. The Morgan fingerprint density at radius 2 is 1.68 bits per heavy atom. The molecular formula is C21H19NO3. The number of hydrogen-bond donors (Lipinski definition) is 0. The number of aldehydes is 1. The van der Waals surface area contributed by atoms with Crippen LogP contribution in [0.4, 0.5) is 0 Å². The summed E-state index contributed by atoms with van der Waals surface area (Å²) in [5.41, 5.74) is 0.347. The summed E-state index contributed by atoms with van der Waals surface area (Å²) < 4.78 is 0. The van der Waals surface area contributed by atoms with Gasteiger partial charge in [-0.15, -0.1) is 0 Å². The molecule has 0 radical (unpaired) electrons. The van der Waals surface area contributed by atoms with Gasteiger partial charge in [-0.3, -0.25) is 9.59 Å². The SMILES string of the molecule is O=CC1(N(Cc2ccccc2)C(=O)c2ccccc2)C=CC(=O)CC1. The lowest BCUT2D eigenvalue weighted by atomic mass is 9.85. The minimum Gasteiger partial charge on any atom is -0.318 e. The predicted molar refractivity (Wildman–Crippen MR) is 94.9 cm³/mol. The Labute approximate surface area is 146 Å². The third kappa shape index (κ3) is 3.58. The summed E-state index contributed by atoms with van der Waals surface area (Å²) in [7, 11) is 0. The lowest BCUT2D eigenvalue weighted by molar-refractivity contribution is -0.119. The molecule has 1 amide bonds. The second kappa shape index (κ2) is 7.26. The summed E-state index contributed by atoms with van der Waals surface area (Å²) in [4.78, 5) is 38.3. The topological polar surface area (TPSA) is 54.5 Å². The van der Waals surface area contributed by atoms with Crippen LogP contribution in [-0.4, -0.2) is 28.4 Å². The van der Waals surface area contributed by atoms with E-state index in [-0.39, 0.29) is 18.1 Å². The van der Waals surface area contributed by atoms with Gasteiger partial charge >= 0.3 is 0 Å². The van der Waals surface area contributed by atoms with E-state index in [1.165, 1.54) is 6.08 Å². The van der Waals surface area contributed by atoms with Gasteiger partial charge in [-0.1, -0.05) is 48.5 Å². The standard InChI is InChI=1S/C21H19NO3/c23-16-21(13-11-19(24)12-14-21)22(15-17-7-3-1-4-8-17)20(25)18-9-5-2-6-10-18/h1-11,13,16H,12,14-15H2. The Balaban J connectivity index is 2.02. The van der Waals surface area contributed by atoms with Gasteiger partial charge in [0.2, 0.25) is 0 Å². The van der Waals surface area contributed by atoms with E-state index in [0.29, 0.717) is 18.5 Å². The zero-order valence-corrected chi connectivity index (χ0v) is 13.8. The number of hydrogen-bond acceptors (Lipinski definition) is 3. The first kappa shape index (κ1) is 16.8. The summed E-state index contributed by atoms with van der Waals surface area (Å²) in [5, 5.41) is 0. The molecule has 1 atom stereocenters. The van der Waals surface area contributed by atoms with Gasteiger partial charge in [0.15, 0.2) is 5.78 Å². The van der Waals surface area contributed by atoms with Gasteiger partial charge in [0.25, 0.3) is 5.91 Å². The average Bonchev–Trinajstić information content (AvgIpc) is 2.68. The minimum absolute atomic E-state index is 0.0238. The monoisotopic (exact) mass is 333 g/mol. The Kier molecular flexibility index (Phi) is 4.89. The van der Waals surface area contributed by atoms with Gasteiger partial charge in [0, 0.05) is 18.5 Å². The molecule has 1 unspecified atom stereocenters. The van der Waals surface area contributed by atoms with Crippen LogP contribution in [-0.2, 0) is 16.1 Å². The van der Waals surface area contributed by atoms with Crippen LogP contribution < -0.4 is 0 Å². The van der Waals surface area contributed by atoms with Crippen molar-refractivity contribution in [3.05, 3.63) is 83.9 Å². The van der Waals surface area contributed by atoms with Crippen molar-refractivity contribution in [3.8, 4) is 0 Å². The van der Waals surface area contributed by atoms with Crippen LogP contribution in [0.3, 0.4) is 0 Å². The molecule has 2 aromatic carbocycles. The van der Waals surface area contributed by atoms with Gasteiger partial charge in [0.05, 0.1) is 0 Å². The van der Waals surface area contributed by atoms with Crippen LogP contribution in [0.15, 0.2) is 72.8 Å². The van der Waals surface area contributed by atoms with Crippen LogP contribution in [0.25, 0.3) is 0 Å². The fourth-order valence-electron chi connectivity index (χ4n) is 3.02. The highest BCUT2D eigenvalue weighted by atomic mass is 16.2. The maximum Gasteiger partial charge on any atom is 0.255 e. The summed E-state index contributed by atoms with van der Waals surface area (Å²) in [5.74, 6) is -0.250. The molecule has 1 aliphatic carbocycles. The first-order valence-electron chi connectivity index (χ1n) is 8.24. The van der Waals surface area contributed by atoms with E-state index in [1.807, 2.05) is 36.4 Å². The molecule has 0 saturated heterocycles. The largest absolute Gasteiger partial charge is 0.318 e. The van der Waals surface area contributed by atoms with Crippen LogP contribution in [0.1, 0.15) is 28.8 Å². The molecule has 0 saturated carbocycles. The normalized spacial score (nSPS) is 19.4. The molecule has 0 N–H and O–H groups in total. The molecule has 0 aromatic heterocycles. The fourth-order valence-corrected chi connectivity index (χ4v) is 3.02. The number of benzene rings is 2. The molecular weight excluding hydrogens is 314 g/mol.